The van der Waals surface area contributed by atoms with Crippen molar-refractivity contribution in [3.63, 3.8) is 0 Å². The first-order chi connectivity index (χ1) is 15.4. The molecule has 6 nitrogen and oxygen atoms in total. The first-order valence-electron chi connectivity index (χ1n) is 11.5. The SMILES string of the molecule is CC(=O)N(C)C1CCN(c2ccc(NC(=O)C(C)c3ccc(OCC4CC4)cc3)cc2)C1. The summed E-state index contributed by atoms with van der Waals surface area (Å²) in [6.07, 6.45) is 3.51. The second-order valence-corrected chi connectivity index (χ2v) is 9.10. The fourth-order valence-corrected chi connectivity index (χ4v) is 4.06. The molecule has 0 spiro atoms. The molecule has 2 atom stereocenters. The van der Waals surface area contributed by atoms with E-state index < -0.39 is 0 Å². The normalized spacial score (nSPS) is 18.8. The van der Waals surface area contributed by atoms with Gasteiger partial charge >= 0.3 is 0 Å². The molecule has 2 aromatic rings. The Hall–Kier alpha value is -3.02. The molecule has 2 aromatic carbocycles. The average molecular weight is 436 g/mol. The van der Waals surface area contributed by atoms with E-state index in [9.17, 15) is 9.59 Å². The fraction of sp³-hybridized carbons (Fsp3) is 0.462. The monoisotopic (exact) mass is 435 g/mol. The maximum Gasteiger partial charge on any atom is 0.231 e. The van der Waals surface area contributed by atoms with Gasteiger partial charge in [-0.1, -0.05) is 12.1 Å². The standard InChI is InChI=1S/C26H33N3O3/c1-18(21-6-12-25(13-7-21)32-17-20-4-5-20)26(31)27-22-8-10-23(11-9-22)29-15-14-24(16-29)28(3)19(2)30/h6-13,18,20,24H,4-5,14-17H2,1-3H3,(H,27,31). The quantitative estimate of drug-likeness (QED) is 0.673. The van der Waals surface area contributed by atoms with Crippen molar-refractivity contribution in [2.24, 2.45) is 5.92 Å². The summed E-state index contributed by atoms with van der Waals surface area (Å²) in [7, 11) is 1.87. The van der Waals surface area contributed by atoms with Crippen molar-refractivity contribution >= 4 is 23.2 Å². The van der Waals surface area contributed by atoms with Crippen LogP contribution in [0.25, 0.3) is 0 Å². The molecule has 2 aliphatic rings. The number of nitrogens with zero attached hydrogens (tertiary/aromatic N) is 2. The Morgan fingerprint density at radius 3 is 2.41 bits per heavy atom. The minimum atomic E-state index is -0.256. The van der Waals surface area contributed by atoms with E-state index in [0.29, 0.717) is 0 Å². The van der Waals surface area contributed by atoms with E-state index in [4.69, 9.17) is 4.74 Å². The van der Waals surface area contributed by atoms with E-state index in [0.717, 1.165) is 54.7 Å². The highest BCUT2D eigenvalue weighted by molar-refractivity contribution is 5.95. The topological polar surface area (TPSA) is 61.9 Å². The van der Waals surface area contributed by atoms with Crippen LogP contribution in [-0.2, 0) is 9.59 Å². The lowest BCUT2D eigenvalue weighted by molar-refractivity contribution is -0.129. The van der Waals surface area contributed by atoms with Crippen molar-refractivity contribution in [2.75, 3.05) is 37.0 Å². The van der Waals surface area contributed by atoms with E-state index in [2.05, 4.69) is 10.2 Å². The zero-order chi connectivity index (χ0) is 22.7. The molecule has 4 rings (SSSR count). The Morgan fingerprint density at radius 2 is 1.78 bits per heavy atom. The number of amides is 2. The second kappa shape index (κ2) is 9.63. The van der Waals surface area contributed by atoms with Crippen molar-refractivity contribution < 1.29 is 14.3 Å². The zero-order valence-corrected chi connectivity index (χ0v) is 19.2. The summed E-state index contributed by atoms with van der Waals surface area (Å²) < 4.78 is 5.78. The number of rotatable bonds is 8. The van der Waals surface area contributed by atoms with E-state index in [-0.39, 0.29) is 23.8 Å². The molecule has 1 heterocycles. The lowest BCUT2D eigenvalue weighted by Crippen LogP contribution is -2.37. The van der Waals surface area contributed by atoms with Crippen LogP contribution in [0.1, 0.15) is 44.6 Å². The molecular formula is C26H33N3O3. The molecule has 0 bridgehead atoms. The maximum atomic E-state index is 12.8. The van der Waals surface area contributed by atoms with Crippen LogP contribution in [0.15, 0.2) is 48.5 Å². The zero-order valence-electron chi connectivity index (χ0n) is 19.2. The maximum absolute atomic E-state index is 12.8. The molecule has 0 aromatic heterocycles. The highest BCUT2D eigenvalue weighted by atomic mass is 16.5. The number of hydrogen-bond donors (Lipinski definition) is 1. The van der Waals surface area contributed by atoms with Crippen LogP contribution in [0, 0.1) is 5.92 Å². The Kier molecular flexibility index (Phi) is 6.68. The second-order valence-electron chi connectivity index (χ2n) is 9.10. The lowest BCUT2D eigenvalue weighted by atomic mass is 10.00. The van der Waals surface area contributed by atoms with E-state index in [1.165, 1.54) is 12.8 Å². The molecule has 1 aliphatic carbocycles. The van der Waals surface area contributed by atoms with Gasteiger partial charge in [-0.25, -0.2) is 0 Å². The van der Waals surface area contributed by atoms with Gasteiger partial charge < -0.3 is 19.9 Å². The molecule has 2 fully saturated rings. The van der Waals surface area contributed by atoms with Gasteiger partial charge in [0.2, 0.25) is 11.8 Å². The molecule has 2 unspecified atom stereocenters. The average Bonchev–Trinajstić information content (AvgIpc) is 3.51. The number of anilines is 2. The molecule has 170 valence electrons. The van der Waals surface area contributed by atoms with Crippen LogP contribution in [0.5, 0.6) is 5.75 Å². The van der Waals surface area contributed by atoms with Crippen LogP contribution in [0.4, 0.5) is 11.4 Å². The first kappa shape index (κ1) is 22.2. The number of ether oxygens (including phenoxy) is 1. The van der Waals surface area contributed by atoms with Crippen molar-refractivity contribution in [1.82, 2.24) is 4.90 Å². The third kappa shape index (κ3) is 5.42. The third-order valence-corrected chi connectivity index (χ3v) is 6.66. The van der Waals surface area contributed by atoms with Gasteiger partial charge in [0.1, 0.15) is 5.75 Å². The van der Waals surface area contributed by atoms with Crippen molar-refractivity contribution in [3.8, 4) is 5.75 Å². The van der Waals surface area contributed by atoms with Gasteiger partial charge in [-0.2, -0.15) is 0 Å². The summed E-state index contributed by atoms with van der Waals surface area (Å²) in [5, 5.41) is 3.02. The molecule has 1 aliphatic heterocycles. The summed E-state index contributed by atoms with van der Waals surface area (Å²) >= 11 is 0. The van der Waals surface area contributed by atoms with Gasteiger partial charge in [-0.3, -0.25) is 9.59 Å². The van der Waals surface area contributed by atoms with Crippen LogP contribution < -0.4 is 15.0 Å². The highest BCUT2D eigenvalue weighted by Gasteiger charge is 2.27. The van der Waals surface area contributed by atoms with E-state index in [1.807, 2.05) is 67.4 Å². The largest absolute Gasteiger partial charge is 0.493 e. The van der Waals surface area contributed by atoms with Gasteiger partial charge in [0.25, 0.3) is 0 Å². The van der Waals surface area contributed by atoms with Crippen molar-refractivity contribution in [2.45, 2.75) is 45.1 Å². The smallest absolute Gasteiger partial charge is 0.231 e. The Morgan fingerprint density at radius 1 is 1.09 bits per heavy atom. The third-order valence-electron chi connectivity index (χ3n) is 6.66. The minimum Gasteiger partial charge on any atom is -0.493 e. The van der Waals surface area contributed by atoms with Crippen LogP contribution in [-0.4, -0.2) is 49.5 Å². The summed E-state index contributed by atoms with van der Waals surface area (Å²) in [6, 6.07) is 16.0. The van der Waals surface area contributed by atoms with Gasteiger partial charge in [0.15, 0.2) is 0 Å². The van der Waals surface area contributed by atoms with Crippen LogP contribution in [0.2, 0.25) is 0 Å². The van der Waals surface area contributed by atoms with Gasteiger partial charge in [0, 0.05) is 38.4 Å². The number of hydrogen-bond acceptors (Lipinski definition) is 4. The predicted octanol–water partition coefficient (Wildman–Crippen LogP) is 4.27. The molecule has 1 N–H and O–H groups in total. The number of likely N-dealkylation sites (N-methyl/N-ethyl adjacent to an activating group) is 1. The van der Waals surface area contributed by atoms with E-state index in [1.54, 1.807) is 6.92 Å². The summed E-state index contributed by atoms with van der Waals surface area (Å²) in [5.74, 6) is 1.40. The Bertz CT molecular complexity index is 938. The predicted molar refractivity (Wildman–Crippen MR) is 127 cm³/mol. The van der Waals surface area contributed by atoms with Crippen LogP contribution >= 0.6 is 0 Å². The molecule has 2 amide bonds. The van der Waals surface area contributed by atoms with Gasteiger partial charge in [0.05, 0.1) is 18.6 Å². The van der Waals surface area contributed by atoms with Gasteiger partial charge in [-0.05, 0) is 74.1 Å². The number of carbonyl (C=O) groups is 2. The van der Waals surface area contributed by atoms with Crippen LogP contribution in [0.3, 0.4) is 0 Å². The Labute approximate surface area is 190 Å². The lowest BCUT2D eigenvalue weighted by Gasteiger charge is -2.24. The molecule has 1 saturated heterocycles. The summed E-state index contributed by atoms with van der Waals surface area (Å²) in [4.78, 5) is 28.5. The molecular weight excluding hydrogens is 402 g/mol. The summed E-state index contributed by atoms with van der Waals surface area (Å²) in [6.45, 7) is 6.07. The molecule has 6 heteroatoms. The Balaban J connectivity index is 1.30. The van der Waals surface area contributed by atoms with Crippen molar-refractivity contribution in [1.29, 1.82) is 0 Å². The minimum absolute atomic E-state index is 0.0336. The number of benzene rings is 2. The van der Waals surface area contributed by atoms with Crippen molar-refractivity contribution in [3.05, 3.63) is 54.1 Å². The fourth-order valence-electron chi connectivity index (χ4n) is 4.06. The number of carbonyl (C=O) groups excluding carboxylic acids is 2. The molecule has 32 heavy (non-hydrogen) atoms. The van der Waals surface area contributed by atoms with Gasteiger partial charge in [-0.15, -0.1) is 0 Å². The number of nitrogens with one attached hydrogen (secondary N) is 1. The summed E-state index contributed by atoms with van der Waals surface area (Å²) in [5.41, 5.74) is 2.86. The molecule has 1 saturated carbocycles. The highest BCUT2D eigenvalue weighted by Crippen LogP contribution is 2.30. The van der Waals surface area contributed by atoms with E-state index >= 15 is 0 Å². The first-order valence-corrected chi connectivity index (χ1v) is 11.5. The molecule has 0 radical (unpaired) electrons.